The van der Waals surface area contributed by atoms with Crippen molar-refractivity contribution in [2.24, 2.45) is 0 Å². The van der Waals surface area contributed by atoms with Crippen molar-refractivity contribution in [3.05, 3.63) is 56.7 Å². The number of piperazine rings is 1. The van der Waals surface area contributed by atoms with E-state index in [1.165, 1.54) is 4.52 Å². The molecule has 3 aliphatic heterocycles. The van der Waals surface area contributed by atoms with E-state index in [1.54, 1.807) is 30.2 Å². The number of anilines is 2. The second-order valence-corrected chi connectivity index (χ2v) is 13.3. The first-order valence-corrected chi connectivity index (χ1v) is 15.7. The second kappa shape index (κ2) is 12.2. The molecule has 1 saturated heterocycles. The van der Waals surface area contributed by atoms with Gasteiger partial charge in [0.05, 0.1) is 35.2 Å². The number of benzene rings is 1. The van der Waals surface area contributed by atoms with Crippen molar-refractivity contribution in [3.8, 4) is 0 Å². The van der Waals surface area contributed by atoms with E-state index in [2.05, 4.69) is 10.4 Å². The first-order valence-electron chi connectivity index (χ1n) is 15.3. The van der Waals surface area contributed by atoms with Gasteiger partial charge in [-0.25, -0.2) is 4.79 Å². The maximum absolute atomic E-state index is 14.2. The normalized spacial score (nSPS) is 20.3. The number of nitrogens with zero attached hydrogens (tertiary/aromatic N) is 6. The van der Waals surface area contributed by atoms with Gasteiger partial charge in [-0.2, -0.15) is 22.7 Å². The Morgan fingerprint density at radius 2 is 1.85 bits per heavy atom. The summed E-state index contributed by atoms with van der Waals surface area (Å²) in [6.07, 6.45) is -2.35. The van der Waals surface area contributed by atoms with Gasteiger partial charge in [0.25, 0.3) is 5.56 Å². The summed E-state index contributed by atoms with van der Waals surface area (Å²) >= 11 is 6.17. The summed E-state index contributed by atoms with van der Waals surface area (Å²) in [6.45, 7) is 9.43. The van der Waals surface area contributed by atoms with Crippen LogP contribution in [-0.4, -0.2) is 81.1 Å². The smallest absolute Gasteiger partial charge is 0.416 e. The maximum Gasteiger partial charge on any atom is 0.416 e. The van der Waals surface area contributed by atoms with Gasteiger partial charge in [-0.1, -0.05) is 24.6 Å². The summed E-state index contributed by atoms with van der Waals surface area (Å²) < 4.78 is 53.5. The molecular weight excluding hydrogens is 643 g/mol. The topological polar surface area (TPSA) is 123 Å². The van der Waals surface area contributed by atoms with Crippen LogP contribution in [0, 0.1) is 0 Å². The molecule has 0 spiro atoms. The Labute approximate surface area is 273 Å². The number of fused-ring (bicyclic) bond motifs is 3. The van der Waals surface area contributed by atoms with E-state index in [-0.39, 0.29) is 28.8 Å². The second-order valence-electron chi connectivity index (χ2n) is 12.9. The van der Waals surface area contributed by atoms with Gasteiger partial charge < -0.3 is 24.6 Å². The summed E-state index contributed by atoms with van der Waals surface area (Å²) in [5, 5.41) is 7.00. The van der Waals surface area contributed by atoms with E-state index in [0.29, 0.717) is 63.0 Å². The molecule has 2 atom stereocenters. The minimum absolute atomic E-state index is 0.0239. The van der Waals surface area contributed by atoms with Gasteiger partial charge in [0, 0.05) is 32.1 Å². The van der Waals surface area contributed by atoms with Gasteiger partial charge in [-0.15, -0.1) is 5.10 Å². The van der Waals surface area contributed by atoms with Crippen LogP contribution in [-0.2, 0) is 20.4 Å². The van der Waals surface area contributed by atoms with Crippen LogP contribution in [0.1, 0.15) is 69.6 Å². The molecule has 2 aromatic heterocycles. The number of aromatic nitrogens is 4. The molecule has 252 valence electrons. The molecule has 1 aromatic carbocycles. The zero-order chi connectivity index (χ0) is 33.8. The highest BCUT2D eigenvalue weighted by molar-refractivity contribution is 6.33. The number of halogens is 4. The third-order valence-electron chi connectivity index (χ3n) is 8.41. The molecule has 16 heteroatoms. The lowest BCUT2D eigenvalue weighted by atomic mass is 10.0. The Morgan fingerprint density at radius 1 is 1.13 bits per heavy atom. The summed E-state index contributed by atoms with van der Waals surface area (Å²) in [5.74, 6) is -0.297. The number of ether oxygens (including phenoxy) is 2. The van der Waals surface area contributed by atoms with Gasteiger partial charge >= 0.3 is 12.3 Å². The Hall–Kier alpha value is -4.11. The van der Waals surface area contributed by atoms with Crippen LogP contribution in [0.5, 0.6) is 0 Å². The van der Waals surface area contributed by atoms with Crippen molar-refractivity contribution in [2.45, 2.75) is 64.3 Å². The number of alkyl halides is 3. The lowest BCUT2D eigenvalue weighted by Crippen LogP contribution is -2.51. The van der Waals surface area contributed by atoms with Gasteiger partial charge in [-0.3, -0.25) is 14.2 Å². The lowest BCUT2D eigenvalue weighted by molar-refractivity contribution is -0.137. The van der Waals surface area contributed by atoms with Crippen LogP contribution in [0.4, 0.5) is 29.3 Å². The zero-order valence-electron chi connectivity index (χ0n) is 26.4. The number of carbonyl (C=O) groups is 2. The van der Waals surface area contributed by atoms with Crippen molar-refractivity contribution < 1.29 is 32.2 Å². The van der Waals surface area contributed by atoms with E-state index in [1.807, 2.05) is 17.9 Å². The third-order valence-corrected chi connectivity index (χ3v) is 8.73. The molecule has 6 rings (SSSR count). The molecule has 3 aromatic rings. The molecule has 12 nitrogen and oxygen atoms in total. The summed E-state index contributed by atoms with van der Waals surface area (Å²) in [7, 11) is 0. The molecule has 1 N–H and O–H groups in total. The first-order chi connectivity index (χ1) is 22.1. The Kier molecular flexibility index (Phi) is 8.49. The molecule has 47 heavy (non-hydrogen) atoms. The van der Waals surface area contributed by atoms with Crippen LogP contribution >= 0.6 is 11.6 Å². The molecule has 5 heterocycles. The monoisotopic (exact) mass is 677 g/mol. The average Bonchev–Trinajstić information content (AvgIpc) is 3.60. The third kappa shape index (κ3) is 6.42. The van der Waals surface area contributed by atoms with E-state index in [4.69, 9.17) is 26.1 Å². The minimum atomic E-state index is -4.59. The molecule has 1 fully saturated rings. The number of carbonyl (C=O) groups excluding carboxylic acids is 2. The Bertz CT molecular complexity index is 1820. The lowest BCUT2D eigenvalue weighted by Gasteiger charge is -2.37. The Morgan fingerprint density at radius 3 is 2.47 bits per heavy atom. The van der Waals surface area contributed by atoms with Crippen LogP contribution in [0.3, 0.4) is 0 Å². The van der Waals surface area contributed by atoms with Crippen molar-refractivity contribution in [3.63, 3.8) is 0 Å². The predicted molar refractivity (Wildman–Crippen MR) is 168 cm³/mol. The van der Waals surface area contributed by atoms with E-state index >= 15 is 0 Å². The number of rotatable bonds is 4. The molecule has 0 aliphatic carbocycles. The fourth-order valence-electron chi connectivity index (χ4n) is 6.19. The molecule has 3 aliphatic rings. The molecule has 2 amide bonds. The summed E-state index contributed by atoms with van der Waals surface area (Å²) in [5.41, 5.74) is -0.211. The fourth-order valence-corrected chi connectivity index (χ4v) is 6.42. The average molecular weight is 678 g/mol. The molecular formula is C31H35ClF3N7O5. The number of hydrogen-bond donors (Lipinski definition) is 1. The predicted octanol–water partition coefficient (Wildman–Crippen LogP) is 5.11. The van der Waals surface area contributed by atoms with Gasteiger partial charge in [0.1, 0.15) is 17.3 Å². The van der Waals surface area contributed by atoms with Gasteiger partial charge in [-0.05, 0) is 57.4 Å². The van der Waals surface area contributed by atoms with Crippen molar-refractivity contribution in [1.29, 1.82) is 0 Å². The maximum atomic E-state index is 14.2. The van der Waals surface area contributed by atoms with Crippen molar-refractivity contribution in [2.75, 3.05) is 49.6 Å². The largest absolute Gasteiger partial charge is 0.444 e. The Balaban J connectivity index is 1.39. The number of amides is 2. The minimum Gasteiger partial charge on any atom is -0.444 e. The van der Waals surface area contributed by atoms with Crippen molar-refractivity contribution >= 4 is 46.3 Å². The van der Waals surface area contributed by atoms with Crippen LogP contribution in [0.2, 0.25) is 5.02 Å². The first kappa shape index (κ1) is 32.8. The van der Waals surface area contributed by atoms with Crippen LogP contribution < -0.4 is 15.8 Å². The highest BCUT2D eigenvalue weighted by Gasteiger charge is 2.41. The molecule has 0 bridgehead atoms. The zero-order valence-corrected chi connectivity index (χ0v) is 27.1. The molecule has 0 unspecified atom stereocenters. The van der Waals surface area contributed by atoms with Gasteiger partial charge in [0.15, 0.2) is 5.82 Å². The number of nitrogens with one attached hydrogen (secondary N) is 1. The van der Waals surface area contributed by atoms with Gasteiger partial charge in [0.2, 0.25) is 11.7 Å². The van der Waals surface area contributed by atoms with Crippen molar-refractivity contribution in [1.82, 2.24) is 24.1 Å². The van der Waals surface area contributed by atoms with E-state index in [0.717, 1.165) is 23.8 Å². The highest BCUT2D eigenvalue weighted by atomic mass is 35.5. The van der Waals surface area contributed by atoms with E-state index in [9.17, 15) is 27.6 Å². The SMILES string of the molecule is C[C@H]1C[C@H](C(=O)Nc2ccc(C(F)(F)F)cc2Cl)n2c1c(N1CCN(C(=O)OC(C)(C)C)CC1)c(=O)n1nc(C3=CCOCC3)nc21. The summed E-state index contributed by atoms with van der Waals surface area (Å²) in [4.78, 5) is 49.0. The fraction of sp³-hybridized carbons (Fsp3) is 0.516. The highest BCUT2D eigenvalue weighted by Crippen LogP contribution is 2.42. The molecule has 0 radical (unpaired) electrons. The number of hydrogen-bond acceptors (Lipinski definition) is 8. The van der Waals surface area contributed by atoms with E-state index < -0.39 is 40.9 Å². The standard InChI is InChI=1S/C31H35ClF3N7O5/c1-17-15-22(26(43)36-21-6-5-19(16-20(21)32)31(33,34)35)41-23(17)24(39-9-11-40(12-10-39)29(45)47-30(2,3)4)27(44)42-28(41)37-25(38-42)18-7-13-46-14-8-18/h5-7,16-17,22H,8-15H2,1-4H3,(H,36,43)/t17-,22+/m0/s1. The van der Waals surface area contributed by atoms with Crippen LogP contribution in [0.15, 0.2) is 29.1 Å². The summed E-state index contributed by atoms with van der Waals surface area (Å²) in [6, 6.07) is 1.84. The molecule has 0 saturated carbocycles. The van der Waals surface area contributed by atoms with Crippen LogP contribution in [0.25, 0.3) is 11.4 Å². The quantitative estimate of drug-likeness (QED) is 0.404.